The Hall–Kier alpha value is -2.30. The molecule has 2 aromatic rings. The monoisotopic (exact) mass is 464 g/mol. The van der Waals surface area contributed by atoms with Gasteiger partial charge in [-0.05, 0) is 49.7 Å². The number of hydrogen-bond donors (Lipinski definition) is 2. The van der Waals surface area contributed by atoms with Gasteiger partial charge in [-0.1, -0.05) is 17.7 Å². The van der Waals surface area contributed by atoms with Crippen molar-refractivity contribution < 1.29 is 31.1 Å². The summed E-state index contributed by atoms with van der Waals surface area (Å²) in [5.74, 6) is -0.576. The molecular weight excluding hydrogens is 445 g/mol. The summed E-state index contributed by atoms with van der Waals surface area (Å²) in [7, 11) is -4.26. The van der Waals surface area contributed by atoms with Gasteiger partial charge in [0.2, 0.25) is 0 Å². The van der Waals surface area contributed by atoms with Gasteiger partial charge in [-0.25, -0.2) is 8.42 Å². The van der Waals surface area contributed by atoms with E-state index in [0.717, 1.165) is 24.3 Å². The van der Waals surface area contributed by atoms with Gasteiger partial charge in [-0.3, -0.25) is 9.52 Å². The predicted molar refractivity (Wildman–Crippen MR) is 107 cm³/mol. The molecule has 0 unspecified atom stereocenters. The number of rotatable bonds is 9. The van der Waals surface area contributed by atoms with Crippen LogP contribution in [-0.2, 0) is 20.9 Å². The first-order valence-corrected chi connectivity index (χ1v) is 10.8. The van der Waals surface area contributed by atoms with Crippen LogP contribution in [0.1, 0.15) is 29.3 Å². The molecule has 6 nitrogen and oxygen atoms in total. The lowest BCUT2D eigenvalue weighted by atomic mass is 10.2. The molecule has 0 saturated carbocycles. The number of nitrogens with one attached hydrogen (secondary N) is 2. The molecule has 0 fully saturated rings. The maximum absolute atomic E-state index is 12.8. The van der Waals surface area contributed by atoms with Crippen LogP contribution >= 0.6 is 11.6 Å². The van der Waals surface area contributed by atoms with Crippen LogP contribution in [-0.4, -0.2) is 34.1 Å². The average Bonchev–Trinajstić information content (AvgIpc) is 2.67. The fraction of sp³-hybridized carbons (Fsp3) is 0.316. The lowest BCUT2D eigenvalue weighted by molar-refractivity contribution is -0.137. The molecule has 2 rings (SSSR count). The Kier molecular flexibility index (Phi) is 8.10. The number of halogens is 4. The molecule has 0 aliphatic carbocycles. The number of alkyl halides is 3. The highest BCUT2D eigenvalue weighted by Crippen LogP contribution is 2.31. The maximum Gasteiger partial charge on any atom is 0.416 e. The van der Waals surface area contributed by atoms with Crippen LogP contribution in [0.5, 0.6) is 0 Å². The van der Waals surface area contributed by atoms with Gasteiger partial charge in [0, 0.05) is 25.4 Å². The second-order valence-electron chi connectivity index (χ2n) is 6.13. The summed E-state index contributed by atoms with van der Waals surface area (Å²) in [5, 5.41) is 2.64. The molecule has 0 saturated heterocycles. The Morgan fingerprint density at radius 2 is 1.90 bits per heavy atom. The Bertz CT molecular complexity index is 998. The van der Waals surface area contributed by atoms with Crippen molar-refractivity contribution in [3.8, 4) is 0 Å². The standard InChI is InChI=1S/C19H20ClF3N2O4S/c1-2-29-10-4-9-24-18(26)16-12-15(7-8-17(16)20)30(27,28)25-14-6-3-5-13(11-14)19(21,22)23/h3,5-8,11-12,25H,2,4,9-10H2,1H3,(H,24,26). The smallest absolute Gasteiger partial charge is 0.382 e. The van der Waals surface area contributed by atoms with E-state index in [1.807, 2.05) is 6.92 Å². The van der Waals surface area contributed by atoms with E-state index in [0.29, 0.717) is 32.2 Å². The molecule has 0 aromatic heterocycles. The molecule has 0 aliphatic heterocycles. The first-order valence-electron chi connectivity index (χ1n) is 8.90. The molecule has 2 N–H and O–H groups in total. The third kappa shape index (κ3) is 6.61. The topological polar surface area (TPSA) is 84.5 Å². The molecule has 2 aromatic carbocycles. The number of anilines is 1. The fourth-order valence-electron chi connectivity index (χ4n) is 2.43. The van der Waals surface area contributed by atoms with E-state index in [1.165, 1.54) is 12.1 Å². The molecule has 0 atom stereocenters. The number of carbonyl (C=O) groups excluding carboxylic acids is 1. The van der Waals surface area contributed by atoms with Crippen LogP contribution < -0.4 is 10.0 Å². The second-order valence-corrected chi connectivity index (χ2v) is 8.22. The third-order valence-corrected chi connectivity index (χ3v) is 5.60. The van der Waals surface area contributed by atoms with E-state index in [2.05, 4.69) is 10.0 Å². The first kappa shape index (κ1) is 24.0. The van der Waals surface area contributed by atoms with Crippen molar-refractivity contribution in [1.82, 2.24) is 5.32 Å². The zero-order chi connectivity index (χ0) is 22.4. The zero-order valence-electron chi connectivity index (χ0n) is 15.9. The Morgan fingerprint density at radius 3 is 2.57 bits per heavy atom. The molecule has 1 amide bonds. The van der Waals surface area contributed by atoms with Gasteiger partial charge >= 0.3 is 6.18 Å². The van der Waals surface area contributed by atoms with Crippen molar-refractivity contribution in [3.63, 3.8) is 0 Å². The van der Waals surface area contributed by atoms with Crippen LogP contribution in [0.2, 0.25) is 5.02 Å². The van der Waals surface area contributed by atoms with Crippen molar-refractivity contribution in [1.29, 1.82) is 0 Å². The highest BCUT2D eigenvalue weighted by molar-refractivity contribution is 7.92. The van der Waals surface area contributed by atoms with Gasteiger partial charge in [0.15, 0.2) is 0 Å². The van der Waals surface area contributed by atoms with Crippen molar-refractivity contribution in [2.75, 3.05) is 24.5 Å². The van der Waals surface area contributed by atoms with E-state index in [4.69, 9.17) is 16.3 Å². The summed E-state index contributed by atoms with van der Waals surface area (Å²) >= 11 is 6.01. The van der Waals surface area contributed by atoms with E-state index in [1.54, 1.807) is 0 Å². The molecule has 0 aliphatic rings. The molecular formula is C19H20ClF3N2O4S. The fourth-order valence-corrected chi connectivity index (χ4v) is 3.71. The number of sulfonamides is 1. The lowest BCUT2D eigenvalue weighted by Crippen LogP contribution is -2.26. The number of benzene rings is 2. The van der Waals surface area contributed by atoms with Gasteiger partial charge in [0.1, 0.15) is 0 Å². The first-order chi connectivity index (χ1) is 14.0. The van der Waals surface area contributed by atoms with Crippen molar-refractivity contribution in [3.05, 3.63) is 58.6 Å². The predicted octanol–water partition coefficient (Wildman–Crippen LogP) is 4.32. The number of ether oxygens (including phenoxy) is 1. The lowest BCUT2D eigenvalue weighted by Gasteiger charge is -2.13. The summed E-state index contributed by atoms with van der Waals surface area (Å²) in [6.07, 6.45) is -4.05. The van der Waals surface area contributed by atoms with Crippen LogP contribution in [0.3, 0.4) is 0 Å². The molecule has 11 heteroatoms. The summed E-state index contributed by atoms with van der Waals surface area (Å²) < 4.78 is 70.9. The quantitative estimate of drug-likeness (QED) is 0.541. The molecule has 164 valence electrons. The summed E-state index contributed by atoms with van der Waals surface area (Å²) in [6, 6.07) is 7.24. The van der Waals surface area contributed by atoms with Crippen LogP contribution in [0.4, 0.5) is 18.9 Å². The summed E-state index contributed by atoms with van der Waals surface area (Å²) in [4.78, 5) is 12.0. The van der Waals surface area contributed by atoms with E-state index in [9.17, 15) is 26.4 Å². The second kappa shape index (κ2) is 10.1. The third-order valence-electron chi connectivity index (χ3n) is 3.89. The largest absolute Gasteiger partial charge is 0.416 e. The van der Waals surface area contributed by atoms with Gasteiger partial charge in [0.25, 0.3) is 15.9 Å². The van der Waals surface area contributed by atoms with E-state index < -0.39 is 27.7 Å². The molecule has 0 heterocycles. The van der Waals surface area contributed by atoms with Gasteiger partial charge < -0.3 is 10.1 Å². The average molecular weight is 465 g/mol. The van der Waals surface area contributed by atoms with Crippen LogP contribution in [0, 0.1) is 0 Å². The molecule has 0 bridgehead atoms. The van der Waals surface area contributed by atoms with Crippen LogP contribution in [0.25, 0.3) is 0 Å². The highest BCUT2D eigenvalue weighted by atomic mass is 35.5. The van der Waals surface area contributed by atoms with Crippen molar-refractivity contribution in [2.24, 2.45) is 0 Å². The molecule has 0 radical (unpaired) electrons. The van der Waals surface area contributed by atoms with Gasteiger partial charge in [0.05, 0.1) is 21.0 Å². The number of hydrogen-bond acceptors (Lipinski definition) is 4. The molecule has 30 heavy (non-hydrogen) atoms. The summed E-state index contributed by atoms with van der Waals surface area (Å²) in [6.45, 7) is 3.16. The van der Waals surface area contributed by atoms with Gasteiger partial charge in [-0.2, -0.15) is 13.2 Å². The molecule has 0 spiro atoms. The Morgan fingerprint density at radius 1 is 1.17 bits per heavy atom. The minimum atomic E-state index is -4.62. The zero-order valence-corrected chi connectivity index (χ0v) is 17.5. The Balaban J connectivity index is 2.18. The SMILES string of the molecule is CCOCCCNC(=O)c1cc(S(=O)(=O)Nc2cccc(C(F)(F)F)c2)ccc1Cl. The number of amides is 1. The minimum absolute atomic E-state index is 0.0373. The highest BCUT2D eigenvalue weighted by Gasteiger charge is 2.30. The Labute approximate surface area is 177 Å². The van der Waals surface area contributed by atoms with Crippen LogP contribution in [0.15, 0.2) is 47.4 Å². The summed E-state index contributed by atoms with van der Waals surface area (Å²) in [5.41, 5.74) is -1.33. The van der Waals surface area contributed by atoms with Crippen molar-refractivity contribution in [2.45, 2.75) is 24.4 Å². The minimum Gasteiger partial charge on any atom is -0.382 e. The number of carbonyl (C=O) groups is 1. The van der Waals surface area contributed by atoms with E-state index in [-0.39, 0.29) is 21.2 Å². The van der Waals surface area contributed by atoms with Gasteiger partial charge in [-0.15, -0.1) is 0 Å². The normalized spacial score (nSPS) is 11.9. The van der Waals surface area contributed by atoms with Crippen molar-refractivity contribution >= 4 is 33.2 Å². The van der Waals surface area contributed by atoms with E-state index >= 15 is 0 Å². The maximum atomic E-state index is 12.8.